The highest BCUT2D eigenvalue weighted by Crippen LogP contribution is 2.24. The molecular weight excluding hydrogens is 258 g/mol. The van der Waals surface area contributed by atoms with Crippen molar-refractivity contribution < 1.29 is 17.8 Å². The van der Waals surface area contributed by atoms with Crippen molar-refractivity contribution in [2.24, 2.45) is 0 Å². The van der Waals surface area contributed by atoms with Crippen molar-refractivity contribution in [3.63, 3.8) is 0 Å². The Hall–Kier alpha value is -1.96. The van der Waals surface area contributed by atoms with E-state index >= 15 is 0 Å². The molecule has 96 valence electrons. The van der Waals surface area contributed by atoms with Crippen molar-refractivity contribution in [1.29, 1.82) is 0 Å². The fourth-order valence-electron chi connectivity index (χ4n) is 1.61. The normalized spacial score (nSPS) is 11.7. The van der Waals surface area contributed by atoms with E-state index in [4.69, 9.17) is 0 Å². The van der Waals surface area contributed by atoms with Gasteiger partial charge in [-0.25, -0.2) is 13.0 Å². The minimum atomic E-state index is -3.41. The molecular formula is C10H11N3O4S. The number of benzene rings is 1. The van der Waals surface area contributed by atoms with E-state index in [1.807, 2.05) is 0 Å². The largest absolute Gasteiger partial charge is 0.300 e. The van der Waals surface area contributed by atoms with E-state index in [-0.39, 0.29) is 17.9 Å². The summed E-state index contributed by atoms with van der Waals surface area (Å²) < 4.78 is 29.3. The number of carbonyl (C=O) groups excluding carboxylic acids is 1. The summed E-state index contributed by atoms with van der Waals surface area (Å²) in [4.78, 5) is 11.1. The van der Waals surface area contributed by atoms with Gasteiger partial charge >= 0.3 is 0 Å². The fraction of sp³-hybridized carbons (Fsp3) is 0.300. The van der Waals surface area contributed by atoms with Gasteiger partial charge in [0.05, 0.1) is 11.9 Å². The first-order valence-corrected chi connectivity index (χ1v) is 6.97. The predicted molar refractivity (Wildman–Crippen MR) is 64.7 cm³/mol. The number of hydrogen-bond acceptors (Lipinski definition) is 6. The van der Waals surface area contributed by atoms with Crippen LogP contribution in [0.2, 0.25) is 0 Å². The lowest BCUT2D eigenvalue weighted by molar-refractivity contribution is -0.116. The van der Waals surface area contributed by atoms with Gasteiger partial charge < -0.3 is 0 Å². The molecule has 18 heavy (non-hydrogen) atoms. The van der Waals surface area contributed by atoms with Gasteiger partial charge in [-0.3, -0.25) is 9.52 Å². The van der Waals surface area contributed by atoms with Crippen molar-refractivity contribution in [1.82, 2.24) is 10.3 Å². The standard InChI is InChI=1S/C10H11N3O4S/c1-6(14)5-7-3-4-8(13-18(2,15)16)10-9(7)11-17-12-10/h3-4,13H,5H2,1-2H3. The van der Waals surface area contributed by atoms with E-state index < -0.39 is 10.0 Å². The lowest BCUT2D eigenvalue weighted by Crippen LogP contribution is -2.10. The number of hydrogen-bond donors (Lipinski definition) is 1. The number of Topliss-reactive ketones (excluding diaryl/α,β-unsaturated/α-hetero) is 1. The number of fused-ring (bicyclic) bond motifs is 1. The van der Waals surface area contributed by atoms with Crippen LogP contribution in [0.15, 0.2) is 16.8 Å². The molecule has 1 aromatic heterocycles. The smallest absolute Gasteiger partial charge is 0.229 e. The van der Waals surface area contributed by atoms with E-state index in [0.717, 1.165) is 6.26 Å². The van der Waals surface area contributed by atoms with E-state index in [9.17, 15) is 13.2 Å². The van der Waals surface area contributed by atoms with Crippen LogP contribution >= 0.6 is 0 Å². The Labute approximate surface area is 103 Å². The third-order valence-electron chi connectivity index (χ3n) is 2.23. The van der Waals surface area contributed by atoms with E-state index in [0.29, 0.717) is 16.6 Å². The highest BCUT2D eigenvalue weighted by molar-refractivity contribution is 7.92. The molecule has 0 saturated carbocycles. The van der Waals surface area contributed by atoms with Crippen LogP contribution in [0.4, 0.5) is 5.69 Å². The fourth-order valence-corrected chi connectivity index (χ4v) is 2.17. The van der Waals surface area contributed by atoms with Crippen LogP contribution in [0.1, 0.15) is 12.5 Å². The molecule has 0 bridgehead atoms. The number of rotatable bonds is 4. The number of sulfonamides is 1. The second-order valence-electron chi connectivity index (χ2n) is 3.99. The zero-order valence-electron chi connectivity index (χ0n) is 9.80. The van der Waals surface area contributed by atoms with Gasteiger partial charge in [-0.05, 0) is 28.9 Å². The van der Waals surface area contributed by atoms with Gasteiger partial charge in [0, 0.05) is 6.42 Å². The molecule has 0 radical (unpaired) electrons. The number of carbonyl (C=O) groups is 1. The second kappa shape index (κ2) is 4.37. The number of nitrogens with one attached hydrogen (secondary N) is 1. The highest BCUT2D eigenvalue weighted by Gasteiger charge is 2.14. The number of aromatic nitrogens is 2. The molecule has 1 heterocycles. The average molecular weight is 269 g/mol. The van der Waals surface area contributed by atoms with Crippen molar-refractivity contribution in [3.05, 3.63) is 17.7 Å². The number of nitrogens with zero attached hydrogens (tertiary/aromatic N) is 2. The first-order chi connectivity index (χ1) is 8.37. The maximum atomic E-state index is 11.2. The SMILES string of the molecule is CC(=O)Cc1ccc(NS(C)(=O)=O)c2nonc12. The van der Waals surface area contributed by atoms with Crippen molar-refractivity contribution >= 4 is 32.5 Å². The quantitative estimate of drug-likeness (QED) is 0.877. The monoisotopic (exact) mass is 269 g/mol. The highest BCUT2D eigenvalue weighted by atomic mass is 32.2. The predicted octanol–water partition coefficient (Wildman–Crippen LogP) is 0.726. The zero-order valence-corrected chi connectivity index (χ0v) is 10.6. The molecule has 1 N–H and O–H groups in total. The molecule has 0 aliphatic heterocycles. The molecule has 1 aromatic carbocycles. The third kappa shape index (κ3) is 2.65. The summed E-state index contributed by atoms with van der Waals surface area (Å²) in [6.07, 6.45) is 1.24. The summed E-state index contributed by atoms with van der Waals surface area (Å²) in [5.41, 5.74) is 1.61. The summed E-state index contributed by atoms with van der Waals surface area (Å²) in [6, 6.07) is 3.16. The minimum Gasteiger partial charge on any atom is -0.300 e. The van der Waals surface area contributed by atoms with E-state index in [1.165, 1.54) is 13.0 Å². The van der Waals surface area contributed by atoms with Crippen molar-refractivity contribution in [2.75, 3.05) is 11.0 Å². The average Bonchev–Trinajstić information content (AvgIpc) is 2.68. The lowest BCUT2D eigenvalue weighted by atomic mass is 10.1. The van der Waals surface area contributed by atoms with Crippen LogP contribution in [0.25, 0.3) is 11.0 Å². The van der Waals surface area contributed by atoms with E-state index in [2.05, 4.69) is 19.7 Å². The summed E-state index contributed by atoms with van der Waals surface area (Å²) in [5.74, 6) is -0.0249. The zero-order chi connectivity index (χ0) is 13.3. The van der Waals surface area contributed by atoms with E-state index in [1.54, 1.807) is 6.07 Å². The van der Waals surface area contributed by atoms with Gasteiger partial charge in [0.25, 0.3) is 0 Å². The van der Waals surface area contributed by atoms with Gasteiger partial charge in [0.2, 0.25) is 10.0 Å². The molecule has 2 aromatic rings. The maximum absolute atomic E-state index is 11.2. The topological polar surface area (TPSA) is 102 Å². The van der Waals surface area contributed by atoms with Crippen LogP contribution in [-0.2, 0) is 21.2 Å². The molecule has 7 nitrogen and oxygen atoms in total. The molecule has 0 atom stereocenters. The van der Waals surface area contributed by atoms with Crippen LogP contribution in [0.3, 0.4) is 0 Å². The molecule has 0 aliphatic rings. The summed E-state index contributed by atoms with van der Waals surface area (Å²) in [6.45, 7) is 1.46. The Morgan fingerprint density at radius 1 is 1.33 bits per heavy atom. The molecule has 0 saturated heterocycles. The Bertz CT molecular complexity index is 705. The summed E-state index contributed by atoms with van der Waals surface area (Å²) in [7, 11) is -3.41. The summed E-state index contributed by atoms with van der Waals surface area (Å²) >= 11 is 0. The van der Waals surface area contributed by atoms with Crippen molar-refractivity contribution in [3.8, 4) is 0 Å². The van der Waals surface area contributed by atoms with Gasteiger partial charge in [0.15, 0.2) is 5.52 Å². The molecule has 0 fully saturated rings. The number of anilines is 1. The Balaban J connectivity index is 2.53. The number of ketones is 1. The maximum Gasteiger partial charge on any atom is 0.229 e. The molecule has 0 unspecified atom stereocenters. The second-order valence-corrected chi connectivity index (χ2v) is 5.74. The van der Waals surface area contributed by atoms with Crippen LogP contribution in [-0.4, -0.2) is 30.8 Å². The molecule has 2 rings (SSSR count). The van der Waals surface area contributed by atoms with Gasteiger partial charge in [-0.1, -0.05) is 6.07 Å². The third-order valence-corrected chi connectivity index (χ3v) is 2.82. The molecule has 0 amide bonds. The molecule has 0 spiro atoms. The Morgan fingerprint density at radius 2 is 2.00 bits per heavy atom. The summed E-state index contributed by atoms with van der Waals surface area (Å²) in [5, 5.41) is 7.34. The lowest BCUT2D eigenvalue weighted by Gasteiger charge is -2.05. The van der Waals surface area contributed by atoms with Crippen LogP contribution < -0.4 is 4.72 Å². The first-order valence-electron chi connectivity index (χ1n) is 5.08. The molecule has 0 aliphatic carbocycles. The van der Waals surface area contributed by atoms with Gasteiger partial charge in [-0.15, -0.1) is 0 Å². The first kappa shape index (κ1) is 12.5. The Morgan fingerprint density at radius 3 is 2.61 bits per heavy atom. The van der Waals surface area contributed by atoms with Gasteiger partial charge in [0.1, 0.15) is 11.3 Å². The Kier molecular flexibility index (Phi) is 3.04. The molecule has 8 heteroatoms. The van der Waals surface area contributed by atoms with Gasteiger partial charge in [-0.2, -0.15) is 0 Å². The van der Waals surface area contributed by atoms with Crippen LogP contribution in [0, 0.1) is 0 Å². The van der Waals surface area contributed by atoms with Crippen molar-refractivity contribution in [2.45, 2.75) is 13.3 Å². The van der Waals surface area contributed by atoms with Crippen LogP contribution in [0.5, 0.6) is 0 Å². The minimum absolute atomic E-state index is 0.0249.